The molecule has 1 aromatic heterocycles. The summed E-state index contributed by atoms with van der Waals surface area (Å²) in [4.78, 5) is 17.5. The van der Waals surface area contributed by atoms with Crippen molar-refractivity contribution in [2.24, 2.45) is 0 Å². The zero-order valence-electron chi connectivity index (χ0n) is 18.7. The fraction of sp³-hybridized carbons (Fsp3) is 0.500. The standard InChI is InChI=1S/C22H30N4O4S/c1-6-8-9-12-31-22-24-21-23-14(3)18(20(27)30-7-2)19(26(21)25-22)15-10-11-16(28-4)17(13-15)29-5/h10-11,13,19H,6-9,12H2,1-5H3,(H,23,24,25). The molecule has 1 unspecified atom stereocenters. The molecule has 2 aromatic rings. The van der Waals surface area contributed by atoms with Crippen molar-refractivity contribution in [1.82, 2.24) is 14.8 Å². The van der Waals surface area contributed by atoms with E-state index in [-0.39, 0.29) is 12.6 Å². The number of unbranched alkanes of at least 4 members (excludes halogenated alkanes) is 2. The first-order valence-corrected chi connectivity index (χ1v) is 11.5. The minimum absolute atomic E-state index is 0.289. The van der Waals surface area contributed by atoms with Crippen LogP contribution in [0.25, 0.3) is 0 Å². The third kappa shape index (κ3) is 4.98. The highest BCUT2D eigenvalue weighted by atomic mass is 32.2. The van der Waals surface area contributed by atoms with Crippen LogP contribution in [0.3, 0.4) is 0 Å². The summed E-state index contributed by atoms with van der Waals surface area (Å²) < 4.78 is 18.0. The average molecular weight is 447 g/mol. The molecule has 0 fully saturated rings. The Balaban J connectivity index is 2.04. The van der Waals surface area contributed by atoms with Crippen molar-refractivity contribution in [3.05, 3.63) is 35.0 Å². The first kappa shape index (κ1) is 23.0. The Kier molecular flexibility index (Phi) is 7.84. The zero-order chi connectivity index (χ0) is 22.4. The van der Waals surface area contributed by atoms with Crippen LogP contribution in [0.15, 0.2) is 34.6 Å². The van der Waals surface area contributed by atoms with Gasteiger partial charge in [-0.3, -0.25) is 0 Å². The number of anilines is 1. The Labute approximate surface area is 187 Å². The second kappa shape index (κ2) is 10.6. The molecule has 0 amide bonds. The first-order valence-electron chi connectivity index (χ1n) is 10.5. The molecule has 168 valence electrons. The predicted octanol–water partition coefficient (Wildman–Crippen LogP) is 4.43. The van der Waals surface area contributed by atoms with E-state index in [0.29, 0.717) is 33.9 Å². The molecule has 0 spiro atoms. The van der Waals surface area contributed by atoms with Gasteiger partial charge in [-0.15, -0.1) is 5.10 Å². The molecule has 1 N–H and O–H groups in total. The van der Waals surface area contributed by atoms with Crippen LogP contribution in [0, 0.1) is 0 Å². The van der Waals surface area contributed by atoms with Gasteiger partial charge in [0.1, 0.15) is 6.04 Å². The molecule has 8 nitrogen and oxygen atoms in total. The van der Waals surface area contributed by atoms with E-state index in [1.54, 1.807) is 37.6 Å². The van der Waals surface area contributed by atoms with Crippen LogP contribution in [0.2, 0.25) is 0 Å². The summed E-state index contributed by atoms with van der Waals surface area (Å²) in [5.41, 5.74) is 2.02. The Morgan fingerprint density at radius 2 is 1.97 bits per heavy atom. The average Bonchev–Trinajstić information content (AvgIpc) is 3.17. The summed E-state index contributed by atoms with van der Waals surface area (Å²) in [7, 11) is 3.18. The lowest BCUT2D eigenvalue weighted by Crippen LogP contribution is -2.29. The molecule has 1 atom stereocenters. The molecular weight excluding hydrogens is 416 g/mol. The molecule has 0 aliphatic carbocycles. The van der Waals surface area contributed by atoms with Gasteiger partial charge in [-0.2, -0.15) is 4.98 Å². The van der Waals surface area contributed by atoms with Gasteiger partial charge in [-0.25, -0.2) is 9.48 Å². The minimum Gasteiger partial charge on any atom is -0.493 e. The van der Waals surface area contributed by atoms with E-state index >= 15 is 0 Å². The number of nitrogens with zero attached hydrogens (tertiary/aromatic N) is 3. The number of fused-ring (bicyclic) bond motifs is 1. The zero-order valence-corrected chi connectivity index (χ0v) is 19.5. The van der Waals surface area contributed by atoms with Crippen molar-refractivity contribution in [1.29, 1.82) is 0 Å². The van der Waals surface area contributed by atoms with Crippen molar-refractivity contribution in [3.8, 4) is 11.5 Å². The summed E-state index contributed by atoms with van der Waals surface area (Å²) in [6, 6.07) is 5.10. The van der Waals surface area contributed by atoms with Crippen LogP contribution in [0.4, 0.5) is 5.95 Å². The van der Waals surface area contributed by atoms with Crippen LogP contribution in [-0.2, 0) is 9.53 Å². The van der Waals surface area contributed by atoms with E-state index in [1.807, 2.05) is 25.1 Å². The fourth-order valence-electron chi connectivity index (χ4n) is 3.51. The van der Waals surface area contributed by atoms with E-state index in [9.17, 15) is 4.79 Å². The van der Waals surface area contributed by atoms with Crippen molar-refractivity contribution in [2.75, 3.05) is 31.9 Å². The normalized spacial score (nSPS) is 15.3. The highest BCUT2D eigenvalue weighted by Gasteiger charge is 2.35. The molecular formula is C22H30N4O4S. The summed E-state index contributed by atoms with van der Waals surface area (Å²) in [5.74, 6) is 2.36. The van der Waals surface area contributed by atoms with Crippen molar-refractivity contribution < 1.29 is 19.0 Å². The fourth-order valence-corrected chi connectivity index (χ4v) is 4.34. The lowest BCUT2D eigenvalue weighted by Gasteiger charge is -2.28. The summed E-state index contributed by atoms with van der Waals surface area (Å²) >= 11 is 1.62. The number of hydrogen-bond donors (Lipinski definition) is 1. The highest BCUT2D eigenvalue weighted by Crippen LogP contribution is 2.39. The van der Waals surface area contributed by atoms with Gasteiger partial charge < -0.3 is 19.5 Å². The molecule has 0 bridgehead atoms. The van der Waals surface area contributed by atoms with Crippen LogP contribution in [0.5, 0.6) is 11.5 Å². The number of carbonyl (C=O) groups excluding carboxylic acids is 1. The van der Waals surface area contributed by atoms with Gasteiger partial charge in [0, 0.05) is 11.4 Å². The second-order valence-corrected chi connectivity index (χ2v) is 8.18. The van der Waals surface area contributed by atoms with Gasteiger partial charge in [-0.1, -0.05) is 37.6 Å². The topological polar surface area (TPSA) is 87.5 Å². The number of ether oxygens (including phenoxy) is 3. The molecule has 0 saturated carbocycles. The number of carbonyl (C=O) groups is 1. The van der Waals surface area contributed by atoms with Crippen LogP contribution in [0.1, 0.15) is 51.6 Å². The maximum atomic E-state index is 12.9. The van der Waals surface area contributed by atoms with E-state index in [4.69, 9.17) is 19.3 Å². The number of hydrogen-bond acceptors (Lipinski definition) is 8. The Morgan fingerprint density at radius 3 is 2.65 bits per heavy atom. The number of thioether (sulfide) groups is 1. The van der Waals surface area contributed by atoms with Gasteiger partial charge in [0.15, 0.2) is 11.5 Å². The monoisotopic (exact) mass is 446 g/mol. The Bertz CT molecular complexity index is 957. The largest absolute Gasteiger partial charge is 0.493 e. The maximum absolute atomic E-state index is 12.9. The van der Waals surface area contributed by atoms with E-state index < -0.39 is 6.04 Å². The molecule has 9 heteroatoms. The lowest BCUT2D eigenvalue weighted by molar-refractivity contribution is -0.139. The number of methoxy groups -OCH3 is 2. The number of aromatic nitrogens is 3. The third-order valence-electron chi connectivity index (χ3n) is 5.03. The quantitative estimate of drug-likeness (QED) is 0.326. The van der Waals surface area contributed by atoms with Crippen molar-refractivity contribution >= 4 is 23.7 Å². The van der Waals surface area contributed by atoms with E-state index in [2.05, 4.69) is 17.2 Å². The molecule has 31 heavy (non-hydrogen) atoms. The molecule has 1 aliphatic heterocycles. The van der Waals surface area contributed by atoms with E-state index in [0.717, 1.165) is 17.7 Å². The van der Waals surface area contributed by atoms with Crippen molar-refractivity contribution in [3.63, 3.8) is 0 Å². The van der Waals surface area contributed by atoms with Gasteiger partial charge in [-0.05, 0) is 38.0 Å². The molecule has 0 radical (unpaired) electrons. The molecule has 1 aromatic carbocycles. The minimum atomic E-state index is -0.493. The summed E-state index contributed by atoms with van der Waals surface area (Å²) in [6.45, 7) is 6.12. The Hall–Kier alpha value is -2.68. The smallest absolute Gasteiger partial charge is 0.338 e. The predicted molar refractivity (Wildman–Crippen MR) is 121 cm³/mol. The third-order valence-corrected chi connectivity index (χ3v) is 5.95. The summed E-state index contributed by atoms with van der Waals surface area (Å²) in [6.07, 6.45) is 3.46. The highest BCUT2D eigenvalue weighted by molar-refractivity contribution is 7.99. The van der Waals surface area contributed by atoms with Crippen molar-refractivity contribution in [2.45, 2.75) is 51.2 Å². The molecule has 3 rings (SSSR count). The number of rotatable bonds is 10. The van der Waals surface area contributed by atoms with Crippen LogP contribution < -0.4 is 14.8 Å². The van der Waals surface area contributed by atoms with Gasteiger partial charge in [0.25, 0.3) is 0 Å². The number of nitrogens with one attached hydrogen (secondary N) is 1. The molecule has 0 saturated heterocycles. The van der Waals surface area contributed by atoms with Crippen LogP contribution >= 0.6 is 11.8 Å². The number of allylic oxidation sites excluding steroid dienone is 1. The summed E-state index contributed by atoms with van der Waals surface area (Å²) in [5, 5.41) is 8.63. The van der Waals surface area contributed by atoms with Gasteiger partial charge in [0.05, 0.1) is 26.4 Å². The second-order valence-electron chi connectivity index (χ2n) is 7.12. The number of benzene rings is 1. The molecule has 2 heterocycles. The first-order chi connectivity index (χ1) is 15.0. The van der Waals surface area contributed by atoms with E-state index in [1.165, 1.54) is 12.8 Å². The molecule has 1 aliphatic rings. The van der Waals surface area contributed by atoms with Gasteiger partial charge in [0.2, 0.25) is 11.1 Å². The SMILES string of the molecule is CCCCCSc1nc2n(n1)C(c1ccc(OC)c(OC)c1)C(C(=O)OCC)=C(C)N2. The van der Waals surface area contributed by atoms with Crippen LogP contribution in [-0.4, -0.2) is 47.3 Å². The Morgan fingerprint density at radius 1 is 1.19 bits per heavy atom. The lowest BCUT2D eigenvalue weighted by atomic mass is 9.95. The van der Waals surface area contributed by atoms with Gasteiger partial charge >= 0.3 is 5.97 Å². The maximum Gasteiger partial charge on any atom is 0.338 e. The number of esters is 1.